The summed E-state index contributed by atoms with van der Waals surface area (Å²) >= 11 is 2.88. The zero-order chi connectivity index (χ0) is 74.2. The quantitative estimate of drug-likeness (QED) is 0.0423. The average Bonchev–Trinajstić information content (AvgIpc) is 0.793. The number of aliphatic carboxylic acids is 3. The number of unbranched alkanes of at least 4 members (excludes halogenated alkanes) is 1. The zero-order valence-electron chi connectivity index (χ0n) is 59.6. The lowest BCUT2D eigenvalue weighted by atomic mass is 9.85. The highest BCUT2D eigenvalue weighted by atomic mass is 32.2. The number of aliphatic hydroxyl groups is 1. The van der Waals surface area contributed by atoms with Crippen LogP contribution in [0.4, 0.5) is 0 Å². The van der Waals surface area contributed by atoms with Crippen molar-refractivity contribution in [2.45, 2.75) is 165 Å². The molecule has 34 heteroatoms. The fourth-order valence-electron chi connectivity index (χ4n) is 12.3. The molecule has 5 heterocycles. The molecule has 0 aliphatic carbocycles. The normalized spacial score (nSPS) is 21.7. The summed E-state index contributed by atoms with van der Waals surface area (Å²) in [6.45, 7) is 12.9. The van der Waals surface area contributed by atoms with Gasteiger partial charge in [-0.1, -0.05) is 40.2 Å². The second kappa shape index (κ2) is 43.4. The minimum Gasteiger partial charge on any atom is -0.480 e. The number of carboxylic acids is 3. The third-order valence-electron chi connectivity index (χ3n) is 18.6. The summed E-state index contributed by atoms with van der Waals surface area (Å²) in [5.41, 5.74) is 4.99. The number of nitrogens with two attached hydrogens (primary N) is 1. The molecule has 0 saturated carbocycles. The smallest absolute Gasteiger partial charge is 0.317 e. The summed E-state index contributed by atoms with van der Waals surface area (Å²) in [5.74, 6) is -6.84. The van der Waals surface area contributed by atoms with E-state index in [0.717, 1.165) is 11.4 Å². The third kappa shape index (κ3) is 31.4. The lowest BCUT2D eigenvalue weighted by molar-refractivity contribution is -0.147. The summed E-state index contributed by atoms with van der Waals surface area (Å²) in [6.07, 6.45) is 3.02. The predicted molar refractivity (Wildman–Crippen MR) is 379 cm³/mol. The fourth-order valence-corrected chi connectivity index (χ4v) is 14.1. The van der Waals surface area contributed by atoms with E-state index in [1.807, 2.05) is 48.8 Å². The van der Waals surface area contributed by atoms with Gasteiger partial charge in [-0.3, -0.25) is 87.0 Å². The summed E-state index contributed by atoms with van der Waals surface area (Å²) in [6, 6.07) is 0.907. The van der Waals surface area contributed by atoms with E-state index < -0.39 is 94.6 Å². The van der Waals surface area contributed by atoms with Crippen molar-refractivity contribution in [3.05, 3.63) is 29.6 Å². The van der Waals surface area contributed by atoms with Gasteiger partial charge in [0, 0.05) is 127 Å². The van der Waals surface area contributed by atoms with Gasteiger partial charge < -0.3 is 73.0 Å². The number of hydrogen-bond donors (Lipinski definition) is 12. The van der Waals surface area contributed by atoms with Crippen LogP contribution in [0.3, 0.4) is 0 Å². The zero-order valence-corrected chi connectivity index (χ0v) is 61.3. The van der Waals surface area contributed by atoms with Gasteiger partial charge in [0.05, 0.1) is 49.7 Å². The number of aliphatic hydroxyl groups excluding tert-OH is 1. The maximum absolute atomic E-state index is 14.8. The molecule has 4 aliphatic heterocycles. The van der Waals surface area contributed by atoms with E-state index in [0.29, 0.717) is 68.9 Å². The molecule has 3 saturated heterocycles. The first-order valence-corrected chi connectivity index (χ1v) is 37.5. The maximum Gasteiger partial charge on any atom is 0.317 e. The molecule has 0 unspecified atom stereocenters. The number of aromatic nitrogens is 1. The number of carbonyl (C=O) groups is 12. The first kappa shape index (κ1) is 84.9. The summed E-state index contributed by atoms with van der Waals surface area (Å²) < 4.78 is 5.83. The lowest BCUT2D eigenvalue weighted by Gasteiger charge is -2.42. The molecule has 32 nitrogen and oxygen atoms in total. The molecular weight excluding hydrogens is 1350 g/mol. The van der Waals surface area contributed by atoms with E-state index in [1.54, 1.807) is 40.4 Å². The van der Waals surface area contributed by atoms with Gasteiger partial charge in [-0.25, -0.2) is 0 Å². The number of nitrogens with zero attached hydrogens (tertiary/aromatic N) is 7. The molecule has 0 aromatic carbocycles. The number of likely N-dealkylation sites (tertiary alicyclic amines) is 2. The van der Waals surface area contributed by atoms with Gasteiger partial charge >= 0.3 is 17.9 Å². The predicted octanol–water partition coefficient (Wildman–Crippen LogP) is -1.53. The van der Waals surface area contributed by atoms with E-state index in [2.05, 4.69) is 37.2 Å². The van der Waals surface area contributed by atoms with Crippen LogP contribution in [0.15, 0.2) is 18.2 Å². The molecule has 1 aromatic rings. The van der Waals surface area contributed by atoms with Crippen LogP contribution >= 0.6 is 23.5 Å². The molecule has 0 radical (unpaired) electrons. The first-order valence-electron chi connectivity index (χ1n) is 35.2. The summed E-state index contributed by atoms with van der Waals surface area (Å²) in [5, 5.41) is 58.6. The fraction of sp³-hybridized carbons (Fsp3) is 0.746. The van der Waals surface area contributed by atoms with Crippen LogP contribution in [-0.4, -0.2) is 310 Å². The Hall–Kier alpha value is -6.79. The molecule has 1 aromatic heterocycles. The van der Waals surface area contributed by atoms with Crippen LogP contribution in [-0.2, 0) is 73.8 Å². The Morgan fingerprint density at radius 3 is 1.80 bits per heavy atom. The van der Waals surface area contributed by atoms with E-state index in [-0.39, 0.29) is 185 Å². The molecule has 13 N–H and O–H groups in total. The number of piperidine rings is 2. The standard InChI is InChI=1S/C67H111N15O17S2/c1-7-46(4)60-64(97)73-52(44-101-43-49-12-10-11-48(70-49)42-100-34-16-53(84)76-67(65(98)74-51(35-45(2)3)62(95)75-60)17-23-82(24-18-67)56(87)41-99-66(5,6)19-33-83)63(96)71-47-14-21-77(22-15-47)37-55(86)72-50(61(68)94)13-8-9-20-69-54(85)36-78-25-27-79(38-57(88)89)29-31-81(40-59(92)93)32-30-80(28-26-78)39-58(90)91/h10-12,45-47,50-52,60,83H,7-9,13-44H2,1-6H3,(H2,68,94)(H,69,85)(H,71,96)(H,72,86)(H,73,97)(H,74,98)(H,75,95)(H,76,84)(H,88,89)(H,90,91)(H,92,93)/t46-,50-,51-,52-,60-/m0/s1. The molecule has 5 rings (SSSR count). The number of thioether (sulfide) groups is 2. The molecule has 4 aliphatic rings. The van der Waals surface area contributed by atoms with Crippen LogP contribution in [0, 0.1) is 11.8 Å². The monoisotopic (exact) mass is 1460 g/mol. The number of pyridine rings is 1. The van der Waals surface area contributed by atoms with Crippen LogP contribution in [0.2, 0.25) is 0 Å². The number of rotatable bonds is 28. The van der Waals surface area contributed by atoms with Gasteiger partial charge in [-0.05, 0) is 95.6 Å². The molecule has 2 bridgehead atoms. The van der Waals surface area contributed by atoms with Gasteiger partial charge in [0.25, 0.3) is 0 Å². The van der Waals surface area contributed by atoms with E-state index in [9.17, 15) is 78.0 Å². The molecule has 568 valence electrons. The Morgan fingerprint density at radius 1 is 0.723 bits per heavy atom. The highest BCUT2D eigenvalue weighted by Crippen LogP contribution is 2.26. The Labute approximate surface area is 600 Å². The van der Waals surface area contributed by atoms with Crippen molar-refractivity contribution in [3.63, 3.8) is 0 Å². The van der Waals surface area contributed by atoms with Crippen molar-refractivity contribution in [1.82, 2.24) is 71.6 Å². The number of nitrogens with one attached hydrogen (secondary N) is 7. The Morgan fingerprint density at radius 2 is 1.27 bits per heavy atom. The topological polar surface area (TPSA) is 438 Å². The molecular formula is C67H111N15O17S2. The third-order valence-corrected chi connectivity index (χ3v) is 20.6. The number of fused-ring (bicyclic) bond motifs is 2. The number of ether oxygens (including phenoxy) is 1. The molecule has 1 spiro atoms. The summed E-state index contributed by atoms with van der Waals surface area (Å²) in [4.78, 5) is 175. The van der Waals surface area contributed by atoms with Crippen molar-refractivity contribution in [2.24, 2.45) is 17.6 Å². The largest absolute Gasteiger partial charge is 0.480 e. The van der Waals surface area contributed by atoms with Crippen molar-refractivity contribution in [2.75, 3.05) is 143 Å². The average molecular weight is 1460 g/mol. The number of primary amides is 1. The molecule has 3 fully saturated rings. The van der Waals surface area contributed by atoms with Crippen molar-refractivity contribution in [3.8, 4) is 0 Å². The van der Waals surface area contributed by atoms with Crippen molar-refractivity contribution < 1.29 is 82.7 Å². The minimum absolute atomic E-state index is 0.0397. The van der Waals surface area contributed by atoms with Crippen LogP contribution in [0.5, 0.6) is 0 Å². The number of carboxylic acid groups (broad SMARTS) is 3. The second-order valence-electron chi connectivity index (χ2n) is 27.8. The van der Waals surface area contributed by atoms with E-state index in [4.69, 9.17) is 15.5 Å². The Kier molecular flexibility index (Phi) is 36.4. The Balaban J connectivity index is 1.18. The SMILES string of the molecule is CC[C@H](C)[C@@H]1NC(=O)[C@H](CC(C)C)NC(=O)C2(CCN(C(=O)COC(C)(C)CCO)CC2)NC(=O)CCSCc2cccc(n2)CSC[C@@H](C(=O)NC2CCN(CC(=O)N[C@@H](CCCCNC(=O)CN3CCN(CC(=O)O)CCN(CC(=O)O)CCN(CC(=O)O)CC3)C(N)=O)CC2)NC1=O. The molecule has 5 atom stereocenters. The summed E-state index contributed by atoms with van der Waals surface area (Å²) in [7, 11) is 0. The highest BCUT2D eigenvalue weighted by Gasteiger charge is 2.46. The lowest BCUT2D eigenvalue weighted by Crippen LogP contribution is -2.66. The second-order valence-corrected chi connectivity index (χ2v) is 29.9. The van der Waals surface area contributed by atoms with Crippen LogP contribution < -0.4 is 43.0 Å². The molecule has 101 heavy (non-hydrogen) atoms. The Bertz CT molecular complexity index is 2890. The van der Waals surface area contributed by atoms with Crippen molar-refractivity contribution >= 4 is 94.6 Å². The van der Waals surface area contributed by atoms with Crippen LogP contribution in [0.1, 0.15) is 124 Å². The maximum atomic E-state index is 14.8. The van der Waals surface area contributed by atoms with Gasteiger partial charge in [0.1, 0.15) is 36.3 Å². The number of carbonyl (C=O) groups excluding carboxylic acids is 9. The van der Waals surface area contributed by atoms with Gasteiger partial charge in [0.15, 0.2) is 0 Å². The molecule has 9 amide bonds. The van der Waals surface area contributed by atoms with Crippen molar-refractivity contribution in [1.29, 1.82) is 0 Å². The van der Waals surface area contributed by atoms with Gasteiger partial charge in [-0.15, -0.1) is 0 Å². The first-order chi connectivity index (χ1) is 47.9. The number of hydrogen-bond acceptors (Lipinski definition) is 22. The van der Waals surface area contributed by atoms with E-state index >= 15 is 0 Å². The minimum atomic E-state index is -1.50. The number of amides is 9. The van der Waals surface area contributed by atoms with Gasteiger partial charge in [0.2, 0.25) is 53.2 Å². The van der Waals surface area contributed by atoms with Gasteiger partial charge in [-0.2, -0.15) is 23.5 Å². The van der Waals surface area contributed by atoms with E-state index in [1.165, 1.54) is 23.5 Å². The van der Waals surface area contributed by atoms with Crippen LogP contribution in [0.25, 0.3) is 0 Å². The highest BCUT2D eigenvalue weighted by molar-refractivity contribution is 7.98.